The average molecular weight is 271 g/mol. The van der Waals surface area contributed by atoms with E-state index in [2.05, 4.69) is 38.8 Å². The van der Waals surface area contributed by atoms with Crippen LogP contribution in [-0.2, 0) is 0 Å². The number of ether oxygens (including phenoxy) is 1. The van der Waals surface area contributed by atoms with E-state index < -0.39 is 0 Å². The van der Waals surface area contributed by atoms with E-state index in [4.69, 9.17) is 4.74 Å². The minimum atomic E-state index is 0.357. The summed E-state index contributed by atoms with van der Waals surface area (Å²) >= 11 is 1.79. The summed E-state index contributed by atoms with van der Waals surface area (Å²) in [6, 6.07) is 0.357. The summed E-state index contributed by atoms with van der Waals surface area (Å²) in [6.45, 7) is 5.60. The molecule has 0 aliphatic heterocycles. The minimum absolute atomic E-state index is 0.357. The summed E-state index contributed by atoms with van der Waals surface area (Å²) < 4.78 is 5.42. The van der Waals surface area contributed by atoms with Crippen molar-refractivity contribution in [2.45, 2.75) is 25.5 Å². The van der Waals surface area contributed by atoms with Crippen molar-refractivity contribution in [3.8, 4) is 6.01 Å². The van der Waals surface area contributed by atoms with Crippen molar-refractivity contribution in [2.24, 2.45) is 0 Å². The molecular formula is C11H21N5OS. The summed E-state index contributed by atoms with van der Waals surface area (Å²) in [5.41, 5.74) is 0. The molecule has 0 saturated carbocycles. The lowest BCUT2D eigenvalue weighted by atomic mass is 10.5. The Balaban J connectivity index is 2.70. The summed E-state index contributed by atoms with van der Waals surface area (Å²) in [5, 5.41) is 6.58. The lowest BCUT2D eigenvalue weighted by Gasteiger charge is -2.11. The second-order valence-corrected chi connectivity index (χ2v) is 5.07. The van der Waals surface area contributed by atoms with Gasteiger partial charge in [0.2, 0.25) is 11.9 Å². The second kappa shape index (κ2) is 7.97. The molecule has 102 valence electrons. The van der Waals surface area contributed by atoms with Gasteiger partial charge in [-0.2, -0.15) is 26.7 Å². The van der Waals surface area contributed by atoms with E-state index in [0.29, 0.717) is 29.8 Å². The van der Waals surface area contributed by atoms with E-state index in [9.17, 15) is 0 Å². The zero-order valence-corrected chi connectivity index (χ0v) is 12.2. The Hall–Kier alpha value is -1.24. The Morgan fingerprint density at radius 2 is 2.00 bits per heavy atom. The molecule has 1 atom stereocenters. The molecule has 1 aromatic heterocycles. The molecule has 7 heteroatoms. The predicted octanol–water partition coefficient (Wildman–Crippen LogP) is 1.87. The molecule has 1 rings (SSSR count). The summed E-state index contributed by atoms with van der Waals surface area (Å²) in [5.74, 6) is 1.05. The zero-order valence-electron chi connectivity index (χ0n) is 11.4. The van der Waals surface area contributed by atoms with Crippen LogP contribution in [-0.4, -0.2) is 46.7 Å². The van der Waals surface area contributed by atoms with Crippen LogP contribution in [0.1, 0.15) is 20.3 Å². The first kappa shape index (κ1) is 14.8. The standard InChI is InChI=1S/C11H21N5OS/c1-5-6-17-11-15-9(12-3)14-10(16-11)13-7-8(2)18-4/h8H,5-7H2,1-4H3,(H2,12,13,14,15,16). The molecule has 18 heavy (non-hydrogen) atoms. The van der Waals surface area contributed by atoms with E-state index >= 15 is 0 Å². The SMILES string of the molecule is CCCOc1nc(NC)nc(NCC(C)SC)n1. The number of nitrogens with zero attached hydrogens (tertiary/aromatic N) is 3. The third-order valence-corrected chi connectivity index (χ3v) is 3.20. The Bertz CT molecular complexity index is 363. The van der Waals surface area contributed by atoms with Gasteiger partial charge in [0.15, 0.2) is 0 Å². The first-order valence-electron chi connectivity index (χ1n) is 6.02. The molecule has 0 radical (unpaired) electrons. The monoisotopic (exact) mass is 271 g/mol. The molecule has 0 fully saturated rings. The quantitative estimate of drug-likeness (QED) is 0.747. The molecule has 0 bridgehead atoms. The van der Waals surface area contributed by atoms with Gasteiger partial charge in [0.25, 0.3) is 0 Å². The number of nitrogens with one attached hydrogen (secondary N) is 2. The fourth-order valence-electron chi connectivity index (χ4n) is 1.12. The summed E-state index contributed by atoms with van der Waals surface area (Å²) in [6.07, 6.45) is 3.00. The largest absolute Gasteiger partial charge is 0.463 e. The molecule has 0 spiro atoms. The molecule has 1 heterocycles. The highest BCUT2D eigenvalue weighted by Gasteiger charge is 2.07. The molecule has 1 unspecified atom stereocenters. The summed E-state index contributed by atoms with van der Waals surface area (Å²) in [7, 11) is 1.77. The van der Waals surface area contributed by atoms with E-state index in [-0.39, 0.29) is 0 Å². The molecule has 6 nitrogen and oxygen atoms in total. The third kappa shape index (κ3) is 4.95. The van der Waals surface area contributed by atoms with Crippen LogP contribution < -0.4 is 15.4 Å². The van der Waals surface area contributed by atoms with Crippen molar-refractivity contribution in [1.29, 1.82) is 0 Å². The highest BCUT2D eigenvalue weighted by atomic mass is 32.2. The molecule has 0 amide bonds. The van der Waals surface area contributed by atoms with Crippen LogP contribution in [0, 0.1) is 0 Å². The van der Waals surface area contributed by atoms with Crippen LogP contribution in [0.15, 0.2) is 0 Å². The van der Waals surface area contributed by atoms with Gasteiger partial charge in [-0.15, -0.1) is 0 Å². The number of rotatable bonds is 8. The lowest BCUT2D eigenvalue weighted by molar-refractivity contribution is 0.292. The molecule has 1 aromatic rings. The van der Waals surface area contributed by atoms with Gasteiger partial charge in [-0.3, -0.25) is 0 Å². The molecule has 0 saturated heterocycles. The first-order chi connectivity index (χ1) is 8.69. The third-order valence-electron chi connectivity index (χ3n) is 2.22. The number of thioether (sulfide) groups is 1. The molecule has 0 aromatic carbocycles. The molecule has 2 N–H and O–H groups in total. The van der Waals surface area contributed by atoms with E-state index in [1.54, 1.807) is 18.8 Å². The van der Waals surface area contributed by atoms with Gasteiger partial charge in [-0.1, -0.05) is 13.8 Å². The molecular weight excluding hydrogens is 250 g/mol. The van der Waals surface area contributed by atoms with E-state index in [1.165, 1.54) is 0 Å². The van der Waals surface area contributed by atoms with Crippen molar-refractivity contribution in [2.75, 3.05) is 37.1 Å². The van der Waals surface area contributed by atoms with Gasteiger partial charge < -0.3 is 15.4 Å². The van der Waals surface area contributed by atoms with E-state index in [1.807, 2.05) is 6.92 Å². The Morgan fingerprint density at radius 1 is 1.28 bits per heavy atom. The van der Waals surface area contributed by atoms with Gasteiger partial charge in [-0.05, 0) is 12.7 Å². The van der Waals surface area contributed by atoms with Gasteiger partial charge in [0.1, 0.15) is 0 Å². The highest BCUT2D eigenvalue weighted by Crippen LogP contribution is 2.12. The maximum Gasteiger partial charge on any atom is 0.323 e. The van der Waals surface area contributed by atoms with Crippen LogP contribution in [0.2, 0.25) is 0 Å². The fraction of sp³-hybridized carbons (Fsp3) is 0.727. The van der Waals surface area contributed by atoms with Gasteiger partial charge in [-0.25, -0.2) is 0 Å². The Morgan fingerprint density at radius 3 is 2.61 bits per heavy atom. The topological polar surface area (TPSA) is 72.0 Å². The van der Waals surface area contributed by atoms with Crippen molar-refractivity contribution < 1.29 is 4.74 Å². The van der Waals surface area contributed by atoms with Gasteiger partial charge in [0.05, 0.1) is 6.61 Å². The Kier molecular flexibility index (Phi) is 6.56. The van der Waals surface area contributed by atoms with Crippen molar-refractivity contribution >= 4 is 23.7 Å². The maximum atomic E-state index is 5.42. The van der Waals surface area contributed by atoms with Crippen molar-refractivity contribution in [3.05, 3.63) is 0 Å². The fourth-order valence-corrected chi connectivity index (χ4v) is 1.37. The van der Waals surface area contributed by atoms with Crippen LogP contribution in [0.5, 0.6) is 6.01 Å². The molecule has 0 aliphatic rings. The smallest absolute Gasteiger partial charge is 0.323 e. The zero-order chi connectivity index (χ0) is 13.4. The Labute approximate surface area is 112 Å². The second-order valence-electron chi connectivity index (χ2n) is 3.79. The normalized spacial score (nSPS) is 12.0. The van der Waals surface area contributed by atoms with Crippen LogP contribution in [0.3, 0.4) is 0 Å². The number of hydrogen-bond donors (Lipinski definition) is 2. The van der Waals surface area contributed by atoms with Gasteiger partial charge in [0, 0.05) is 18.8 Å². The van der Waals surface area contributed by atoms with Crippen LogP contribution in [0.25, 0.3) is 0 Å². The average Bonchev–Trinajstić information content (AvgIpc) is 2.42. The number of hydrogen-bond acceptors (Lipinski definition) is 7. The molecule has 0 aliphatic carbocycles. The first-order valence-corrected chi connectivity index (χ1v) is 7.31. The van der Waals surface area contributed by atoms with Crippen molar-refractivity contribution in [1.82, 2.24) is 15.0 Å². The van der Waals surface area contributed by atoms with E-state index in [0.717, 1.165) is 13.0 Å². The van der Waals surface area contributed by atoms with Gasteiger partial charge >= 0.3 is 6.01 Å². The van der Waals surface area contributed by atoms with Crippen LogP contribution in [0.4, 0.5) is 11.9 Å². The maximum absolute atomic E-state index is 5.42. The summed E-state index contributed by atoms with van der Waals surface area (Å²) in [4.78, 5) is 12.6. The highest BCUT2D eigenvalue weighted by molar-refractivity contribution is 7.99. The van der Waals surface area contributed by atoms with Crippen molar-refractivity contribution in [3.63, 3.8) is 0 Å². The number of anilines is 2. The lowest BCUT2D eigenvalue weighted by Crippen LogP contribution is -2.16. The van der Waals surface area contributed by atoms with Crippen LogP contribution >= 0.6 is 11.8 Å². The minimum Gasteiger partial charge on any atom is -0.463 e. The predicted molar refractivity (Wildman–Crippen MR) is 76.6 cm³/mol. The number of aromatic nitrogens is 3.